The average molecular weight is 463 g/mol. The van der Waals surface area contributed by atoms with E-state index in [0.29, 0.717) is 10.2 Å². The zero-order chi connectivity index (χ0) is 20.1. The third-order valence-electron chi connectivity index (χ3n) is 3.71. The summed E-state index contributed by atoms with van der Waals surface area (Å²) in [5.74, 6) is -0.982. The molecular weight excluding hydrogens is 447 g/mol. The number of anilines is 2. The second-order valence-electron chi connectivity index (χ2n) is 5.83. The lowest BCUT2D eigenvalue weighted by Gasteiger charge is -2.13. The molecule has 2 N–H and O–H groups in total. The highest BCUT2D eigenvalue weighted by Gasteiger charge is 2.17. The van der Waals surface area contributed by atoms with Crippen LogP contribution in [0.4, 0.5) is 15.8 Å². The molecule has 1 unspecified atom stereocenters. The Hall–Kier alpha value is -2.58. The van der Waals surface area contributed by atoms with Gasteiger partial charge >= 0.3 is 0 Å². The molecule has 1 atom stereocenters. The van der Waals surface area contributed by atoms with Crippen molar-refractivity contribution in [3.05, 3.63) is 76.9 Å². The molecule has 1 heterocycles. The highest BCUT2D eigenvalue weighted by atomic mass is 79.9. The number of halogens is 2. The predicted molar refractivity (Wildman–Crippen MR) is 111 cm³/mol. The molecule has 3 aromatic rings. The van der Waals surface area contributed by atoms with Gasteiger partial charge in [0.1, 0.15) is 5.82 Å². The third kappa shape index (κ3) is 5.24. The lowest BCUT2D eigenvalue weighted by atomic mass is 10.3. The van der Waals surface area contributed by atoms with Crippen molar-refractivity contribution >= 4 is 50.9 Å². The Labute approximate surface area is 173 Å². The zero-order valence-electron chi connectivity index (χ0n) is 14.7. The van der Waals surface area contributed by atoms with E-state index in [9.17, 15) is 14.0 Å². The maximum atomic E-state index is 13.9. The number of benzene rings is 2. The van der Waals surface area contributed by atoms with E-state index in [-0.39, 0.29) is 23.3 Å². The van der Waals surface area contributed by atoms with Crippen molar-refractivity contribution in [2.75, 3.05) is 10.6 Å². The second kappa shape index (κ2) is 9.07. The van der Waals surface area contributed by atoms with Gasteiger partial charge in [-0.3, -0.25) is 9.59 Å². The third-order valence-corrected chi connectivity index (χ3v) is 5.29. The number of amides is 2. The van der Waals surface area contributed by atoms with E-state index in [1.807, 2.05) is 6.07 Å². The van der Waals surface area contributed by atoms with Gasteiger partial charge in [0.05, 0.1) is 17.2 Å². The van der Waals surface area contributed by atoms with E-state index in [2.05, 4.69) is 26.6 Å². The van der Waals surface area contributed by atoms with E-state index >= 15 is 0 Å². The van der Waals surface area contributed by atoms with E-state index in [1.54, 1.807) is 43.3 Å². The van der Waals surface area contributed by atoms with Crippen LogP contribution in [0.25, 0.3) is 0 Å². The summed E-state index contributed by atoms with van der Waals surface area (Å²) < 4.78 is 19.6. The first-order valence-electron chi connectivity index (χ1n) is 8.30. The predicted octanol–water partition coefficient (Wildman–Crippen LogP) is 5.55. The van der Waals surface area contributed by atoms with Crippen LogP contribution in [0.2, 0.25) is 0 Å². The second-order valence-corrected chi connectivity index (χ2v) is 8.16. The number of rotatable bonds is 6. The highest BCUT2D eigenvalue weighted by molar-refractivity contribution is 9.10. The fraction of sp³-hybridized carbons (Fsp3) is 0.100. The van der Waals surface area contributed by atoms with Crippen LogP contribution in [-0.4, -0.2) is 17.1 Å². The van der Waals surface area contributed by atoms with Crippen LogP contribution in [-0.2, 0) is 4.79 Å². The summed E-state index contributed by atoms with van der Waals surface area (Å²) >= 11 is 4.48. The summed E-state index contributed by atoms with van der Waals surface area (Å²) in [4.78, 5) is 25.2. The molecule has 3 rings (SSSR count). The molecule has 0 saturated carbocycles. The molecule has 1 aromatic heterocycles. The van der Waals surface area contributed by atoms with Crippen molar-refractivity contribution in [1.82, 2.24) is 0 Å². The molecule has 0 aliphatic rings. The van der Waals surface area contributed by atoms with Gasteiger partial charge in [0.2, 0.25) is 5.91 Å². The molecule has 28 heavy (non-hydrogen) atoms. The Bertz CT molecular complexity index is 995. The summed E-state index contributed by atoms with van der Waals surface area (Å²) in [5.41, 5.74) is 0.707. The number of carbonyl (C=O) groups is 2. The Morgan fingerprint density at radius 3 is 2.64 bits per heavy atom. The van der Waals surface area contributed by atoms with Crippen molar-refractivity contribution in [2.24, 2.45) is 0 Å². The number of hydrogen-bond donors (Lipinski definition) is 2. The van der Waals surface area contributed by atoms with Crippen LogP contribution >= 0.6 is 27.7 Å². The molecule has 2 aromatic carbocycles. The molecule has 0 saturated heterocycles. The van der Waals surface area contributed by atoms with Crippen LogP contribution in [0.3, 0.4) is 0 Å². The molecule has 0 radical (unpaired) electrons. The molecule has 0 spiro atoms. The van der Waals surface area contributed by atoms with Crippen molar-refractivity contribution in [3.63, 3.8) is 0 Å². The van der Waals surface area contributed by atoms with E-state index in [1.165, 1.54) is 30.2 Å². The maximum Gasteiger partial charge on any atom is 0.291 e. The van der Waals surface area contributed by atoms with E-state index in [0.717, 1.165) is 4.90 Å². The monoisotopic (exact) mass is 462 g/mol. The Kier molecular flexibility index (Phi) is 6.53. The average Bonchev–Trinajstić information content (AvgIpc) is 3.19. The van der Waals surface area contributed by atoms with Gasteiger partial charge in [-0.2, -0.15) is 0 Å². The number of furan rings is 1. The number of nitrogens with one attached hydrogen (secondary N) is 2. The minimum Gasteiger partial charge on any atom is -0.459 e. The standard InChI is InChI=1S/C20H16BrFN2O3S/c1-12(19(25)24-17-8-7-13(21)10-16(17)22)28-15-5-2-4-14(11-15)23-20(26)18-6-3-9-27-18/h2-12H,1H3,(H,23,26)(H,24,25). The normalized spacial score (nSPS) is 11.7. The van der Waals surface area contributed by atoms with Crippen molar-refractivity contribution in [3.8, 4) is 0 Å². The van der Waals surface area contributed by atoms with Gasteiger partial charge < -0.3 is 15.1 Å². The minimum absolute atomic E-state index is 0.125. The first kappa shape index (κ1) is 20.2. The van der Waals surface area contributed by atoms with Gasteiger partial charge in [0, 0.05) is 15.1 Å². The van der Waals surface area contributed by atoms with Crippen LogP contribution in [0.1, 0.15) is 17.5 Å². The van der Waals surface area contributed by atoms with Crippen LogP contribution < -0.4 is 10.6 Å². The van der Waals surface area contributed by atoms with Crippen molar-refractivity contribution in [1.29, 1.82) is 0 Å². The summed E-state index contributed by atoms with van der Waals surface area (Å²) in [7, 11) is 0. The molecule has 5 nitrogen and oxygen atoms in total. The summed E-state index contributed by atoms with van der Waals surface area (Å²) in [6, 6.07) is 14.8. The summed E-state index contributed by atoms with van der Waals surface area (Å²) in [5, 5.41) is 4.85. The van der Waals surface area contributed by atoms with Gasteiger partial charge in [0.25, 0.3) is 5.91 Å². The largest absolute Gasteiger partial charge is 0.459 e. The van der Waals surface area contributed by atoms with Gasteiger partial charge in [-0.05, 0) is 55.5 Å². The van der Waals surface area contributed by atoms with Crippen molar-refractivity contribution in [2.45, 2.75) is 17.1 Å². The Balaban J connectivity index is 1.62. The van der Waals surface area contributed by atoms with Crippen LogP contribution in [0.5, 0.6) is 0 Å². The van der Waals surface area contributed by atoms with E-state index < -0.39 is 11.1 Å². The fourth-order valence-electron chi connectivity index (χ4n) is 2.33. The smallest absolute Gasteiger partial charge is 0.291 e. The molecule has 8 heteroatoms. The fourth-order valence-corrected chi connectivity index (χ4v) is 3.59. The van der Waals surface area contributed by atoms with Gasteiger partial charge in [-0.15, -0.1) is 11.8 Å². The van der Waals surface area contributed by atoms with Gasteiger partial charge in [0.15, 0.2) is 5.76 Å². The highest BCUT2D eigenvalue weighted by Crippen LogP contribution is 2.27. The molecular formula is C20H16BrFN2O3S. The maximum absolute atomic E-state index is 13.9. The minimum atomic E-state index is -0.512. The van der Waals surface area contributed by atoms with Gasteiger partial charge in [-0.1, -0.05) is 22.0 Å². The topological polar surface area (TPSA) is 71.3 Å². The molecule has 2 amide bonds. The molecule has 0 aliphatic carbocycles. The number of carbonyl (C=O) groups excluding carboxylic acids is 2. The van der Waals surface area contributed by atoms with E-state index in [4.69, 9.17) is 4.42 Å². The lowest BCUT2D eigenvalue weighted by molar-refractivity contribution is -0.115. The number of thioether (sulfide) groups is 1. The van der Waals surface area contributed by atoms with Crippen molar-refractivity contribution < 1.29 is 18.4 Å². The van der Waals surface area contributed by atoms with Crippen LogP contribution in [0, 0.1) is 5.82 Å². The molecule has 144 valence electrons. The molecule has 0 aliphatic heterocycles. The molecule has 0 bridgehead atoms. The summed E-state index contributed by atoms with van der Waals surface area (Å²) in [6.07, 6.45) is 1.43. The van der Waals surface area contributed by atoms with Gasteiger partial charge in [-0.25, -0.2) is 4.39 Å². The first-order chi connectivity index (χ1) is 13.4. The lowest BCUT2D eigenvalue weighted by Crippen LogP contribution is -2.23. The molecule has 0 fully saturated rings. The number of hydrogen-bond acceptors (Lipinski definition) is 4. The zero-order valence-corrected chi connectivity index (χ0v) is 17.1. The first-order valence-corrected chi connectivity index (χ1v) is 9.97. The van der Waals surface area contributed by atoms with Crippen LogP contribution in [0.15, 0.2) is 74.6 Å². The summed E-state index contributed by atoms with van der Waals surface area (Å²) in [6.45, 7) is 1.73. The SMILES string of the molecule is CC(Sc1cccc(NC(=O)c2ccco2)c1)C(=O)Nc1ccc(Br)cc1F. The Morgan fingerprint density at radius 1 is 1.11 bits per heavy atom. The Morgan fingerprint density at radius 2 is 1.93 bits per heavy atom. The quantitative estimate of drug-likeness (QED) is 0.470.